The van der Waals surface area contributed by atoms with Gasteiger partial charge in [-0.3, -0.25) is 4.57 Å². The van der Waals surface area contributed by atoms with Crippen LogP contribution < -0.4 is 0 Å². The van der Waals surface area contributed by atoms with Gasteiger partial charge in [0.2, 0.25) is 8.03 Å². The van der Waals surface area contributed by atoms with Crippen LogP contribution in [-0.2, 0) is 9.36 Å². The van der Waals surface area contributed by atoms with Gasteiger partial charge >= 0.3 is 5.91 Å². The molecule has 3 saturated carbocycles. The number of hydrogen-bond donors (Lipinski definition) is 2. The topological polar surface area (TPSA) is 74.6 Å². The fourth-order valence-electron chi connectivity index (χ4n) is 8.93. The summed E-state index contributed by atoms with van der Waals surface area (Å²) < 4.78 is 26.5. The number of hydroxylamine groups is 3. The van der Waals surface area contributed by atoms with Crippen LogP contribution in [0.4, 0.5) is 4.39 Å². The molecule has 4 rings (SSSR count). The zero-order valence-corrected chi connectivity index (χ0v) is 22.2. The number of carbonyl (C=O) groups excluding carboxylic acids is 1. The Balaban J connectivity index is 1.62. The molecule has 188 valence electrons. The number of nitrogens with zero attached hydrogens (tertiary/aromatic N) is 1. The van der Waals surface area contributed by atoms with Crippen molar-refractivity contribution in [2.24, 2.45) is 40.4 Å². The fraction of sp³-hybridized carbons (Fsp3) is 0.885. The molecule has 8 atom stereocenters. The molecule has 1 unspecified atom stereocenters. The van der Waals surface area contributed by atoms with E-state index in [0.717, 1.165) is 44.9 Å². The van der Waals surface area contributed by atoms with Crippen LogP contribution >= 0.6 is 8.03 Å². The van der Waals surface area contributed by atoms with Crippen LogP contribution in [0.5, 0.6) is 0 Å². The van der Waals surface area contributed by atoms with Crippen molar-refractivity contribution >= 4 is 13.9 Å². The highest BCUT2D eigenvalue weighted by Crippen LogP contribution is 2.69. The molecule has 7 heteroatoms. The van der Waals surface area contributed by atoms with Gasteiger partial charge in [0.05, 0.1) is 5.92 Å². The van der Waals surface area contributed by atoms with E-state index >= 15 is 4.39 Å². The molecule has 1 amide bonds. The Morgan fingerprint density at radius 3 is 2.18 bits per heavy atom. The van der Waals surface area contributed by atoms with Gasteiger partial charge in [-0.05, 0) is 108 Å². The quantitative estimate of drug-likeness (QED) is 0.208. The molecule has 4 aliphatic carbocycles. The van der Waals surface area contributed by atoms with Gasteiger partial charge in [0.15, 0.2) is 0 Å². The largest absolute Gasteiger partial charge is 0.349 e. The third kappa shape index (κ3) is 3.57. The van der Waals surface area contributed by atoms with E-state index in [-0.39, 0.29) is 51.8 Å². The van der Waals surface area contributed by atoms with Gasteiger partial charge in [-0.25, -0.2) is 14.4 Å². The Hall–Kier alpha value is -0.550. The van der Waals surface area contributed by atoms with Gasteiger partial charge in [0.1, 0.15) is 17.9 Å². The molecule has 5 nitrogen and oxygen atoms in total. The van der Waals surface area contributed by atoms with Gasteiger partial charge in [0.25, 0.3) is 0 Å². The first kappa shape index (κ1) is 25.5. The van der Waals surface area contributed by atoms with E-state index in [1.54, 1.807) is 0 Å². The van der Waals surface area contributed by atoms with Crippen molar-refractivity contribution in [1.29, 1.82) is 0 Å². The molecule has 0 spiro atoms. The second-order valence-electron chi connectivity index (χ2n) is 12.6. The maximum atomic E-state index is 15.3. The van der Waals surface area contributed by atoms with Gasteiger partial charge in [-0.2, -0.15) is 0 Å². The van der Waals surface area contributed by atoms with Crippen molar-refractivity contribution in [3.8, 4) is 0 Å². The van der Waals surface area contributed by atoms with Crippen molar-refractivity contribution in [2.75, 3.05) is 0 Å². The van der Waals surface area contributed by atoms with E-state index in [2.05, 4.69) is 13.8 Å². The highest BCUT2D eigenvalue weighted by molar-refractivity contribution is 7.43. The summed E-state index contributed by atoms with van der Waals surface area (Å²) in [6.45, 7) is 12.2. The predicted molar refractivity (Wildman–Crippen MR) is 127 cm³/mol. The molecule has 33 heavy (non-hydrogen) atoms. The van der Waals surface area contributed by atoms with Gasteiger partial charge in [-0.1, -0.05) is 13.8 Å². The third-order valence-electron chi connectivity index (χ3n) is 10.9. The number of quaternary nitrogens is 1. The first-order valence-corrected chi connectivity index (χ1v) is 14.4. The lowest BCUT2D eigenvalue weighted by Crippen LogP contribution is -2.63. The number of carbonyl (C=O) groups is 1. The Bertz CT molecular complexity index is 864. The lowest BCUT2D eigenvalue weighted by atomic mass is 9.45. The maximum absolute atomic E-state index is 15.3. The standard InChI is InChI=1S/C26H43FNO4P/c1-15(2)28(30,16(3)4)24(29)21-10-9-18-17-7-8-20-23(27)22(33(31)32)12-14-25(20,5)19(17)11-13-26(18,21)6/h15-21,30,33H,7-14H2,1-6H3/p+1/t17-,18-,19-,20-,21+,25+,26-/m0/s1. The van der Waals surface area contributed by atoms with Crippen LogP contribution in [0.25, 0.3) is 0 Å². The zero-order valence-electron chi connectivity index (χ0n) is 21.2. The Kier molecular flexibility index (Phi) is 6.61. The smallest absolute Gasteiger partial charge is 0.343 e. The first-order chi connectivity index (χ1) is 15.3. The first-order valence-electron chi connectivity index (χ1n) is 13.1. The molecule has 0 bridgehead atoms. The average Bonchev–Trinajstić information content (AvgIpc) is 3.09. The van der Waals surface area contributed by atoms with Crippen molar-refractivity contribution in [1.82, 2.24) is 0 Å². The van der Waals surface area contributed by atoms with Crippen molar-refractivity contribution in [2.45, 2.75) is 105 Å². The van der Waals surface area contributed by atoms with Crippen LogP contribution in [0, 0.1) is 40.4 Å². The van der Waals surface area contributed by atoms with Crippen LogP contribution in [0.2, 0.25) is 0 Å². The van der Waals surface area contributed by atoms with E-state index in [1.807, 2.05) is 27.7 Å². The van der Waals surface area contributed by atoms with Crippen LogP contribution in [-0.4, -0.2) is 32.7 Å². The van der Waals surface area contributed by atoms with Gasteiger partial charge in [0, 0.05) is 11.2 Å². The minimum atomic E-state index is -2.96. The van der Waals surface area contributed by atoms with E-state index in [0.29, 0.717) is 24.2 Å². The molecular weight excluding hydrogens is 440 g/mol. The highest BCUT2D eigenvalue weighted by atomic mass is 31.1. The molecule has 0 aromatic rings. The van der Waals surface area contributed by atoms with Crippen LogP contribution in [0.3, 0.4) is 0 Å². The molecule has 0 aromatic heterocycles. The number of rotatable bonds is 4. The van der Waals surface area contributed by atoms with Crippen molar-refractivity contribution < 1.29 is 28.5 Å². The highest BCUT2D eigenvalue weighted by Gasteiger charge is 2.64. The summed E-state index contributed by atoms with van der Waals surface area (Å²) in [7, 11) is -2.96. The van der Waals surface area contributed by atoms with Crippen molar-refractivity contribution in [3.63, 3.8) is 0 Å². The summed E-state index contributed by atoms with van der Waals surface area (Å²) in [4.78, 5) is 23.5. The molecule has 0 saturated heterocycles. The molecule has 0 aromatic carbocycles. The normalized spacial score (nSPS) is 42.2. The van der Waals surface area contributed by atoms with Crippen LogP contribution in [0.15, 0.2) is 11.1 Å². The minimum Gasteiger partial charge on any atom is -0.343 e. The summed E-state index contributed by atoms with van der Waals surface area (Å²) in [6, 6.07) is -0.369. The lowest BCUT2D eigenvalue weighted by Gasteiger charge is -2.60. The summed E-state index contributed by atoms with van der Waals surface area (Å²) in [6.07, 6.45) is 6.56. The lowest BCUT2D eigenvalue weighted by molar-refractivity contribution is -1.07. The number of fused-ring (bicyclic) bond motifs is 5. The Morgan fingerprint density at radius 2 is 1.61 bits per heavy atom. The monoisotopic (exact) mass is 484 g/mol. The molecule has 4 aliphatic rings. The molecule has 2 N–H and O–H groups in total. The van der Waals surface area contributed by atoms with E-state index in [9.17, 15) is 19.5 Å². The minimum absolute atomic E-state index is 0.0206. The Labute approximate surface area is 199 Å². The van der Waals surface area contributed by atoms with Gasteiger partial charge in [-0.15, -0.1) is 4.65 Å². The molecule has 0 radical (unpaired) electrons. The van der Waals surface area contributed by atoms with Gasteiger partial charge < -0.3 is 4.89 Å². The zero-order chi connectivity index (χ0) is 24.5. The Morgan fingerprint density at radius 1 is 1.00 bits per heavy atom. The number of amides is 1. The molecule has 0 heterocycles. The summed E-state index contributed by atoms with van der Waals surface area (Å²) >= 11 is 0. The SMILES string of the molecule is CC(C)[N+](O)(C(=O)[C@H]1CC[C@H]2[C@@H]3CC[C@H]4C(F)=C([PH](=O)O)CC[C@]4(C)[C@H]3CC[C@]12C)C(C)C. The molecular formula is C26H44FNO4P+. The van der Waals surface area contributed by atoms with Crippen molar-refractivity contribution in [3.05, 3.63) is 11.1 Å². The molecule has 3 fully saturated rings. The summed E-state index contributed by atoms with van der Waals surface area (Å²) in [5.41, 5.74) is -0.300. The third-order valence-corrected chi connectivity index (χ3v) is 11.9. The van der Waals surface area contributed by atoms with E-state index in [1.165, 1.54) is 0 Å². The average molecular weight is 485 g/mol. The van der Waals surface area contributed by atoms with E-state index < -0.39 is 12.7 Å². The number of hydrogen-bond acceptors (Lipinski definition) is 3. The number of allylic oxidation sites excluding steroid dienone is 2. The van der Waals surface area contributed by atoms with Crippen LogP contribution in [0.1, 0.15) is 92.9 Å². The fourth-order valence-corrected chi connectivity index (χ4v) is 9.64. The second-order valence-corrected chi connectivity index (χ2v) is 13.8. The predicted octanol–water partition coefficient (Wildman–Crippen LogP) is 6.45. The number of halogens is 1. The maximum Gasteiger partial charge on any atom is 0.349 e. The van der Waals surface area contributed by atoms with E-state index in [4.69, 9.17) is 0 Å². The molecule has 0 aliphatic heterocycles. The summed E-state index contributed by atoms with van der Waals surface area (Å²) in [5.74, 6) is 0.572. The second kappa shape index (κ2) is 8.54. The summed E-state index contributed by atoms with van der Waals surface area (Å²) in [5, 5.41) is 11.6.